The Labute approximate surface area is 188 Å². The van der Waals surface area contributed by atoms with Crippen molar-refractivity contribution >= 4 is 32.9 Å². The Morgan fingerprint density at radius 1 is 1.19 bits per heavy atom. The molecule has 0 spiro atoms. The number of hydrogen-bond acceptors (Lipinski definition) is 4. The second kappa shape index (κ2) is 9.01. The maximum absolute atomic E-state index is 14.3. The predicted molar refractivity (Wildman–Crippen MR) is 116 cm³/mol. The lowest BCUT2D eigenvalue weighted by atomic mass is 9.85. The van der Waals surface area contributed by atoms with E-state index in [0.717, 1.165) is 24.3 Å². The van der Waals surface area contributed by atoms with Crippen LogP contribution in [-0.4, -0.2) is 39.5 Å². The first-order valence-electron chi connectivity index (χ1n) is 9.59. The van der Waals surface area contributed by atoms with Crippen LogP contribution in [0.15, 0.2) is 47.4 Å². The Hall–Kier alpha value is -2.14. The fraction of sp³-hybridized carbons (Fsp3) is 0.333. The molecule has 0 saturated carbocycles. The van der Waals surface area contributed by atoms with Crippen LogP contribution in [0.3, 0.4) is 0 Å². The summed E-state index contributed by atoms with van der Waals surface area (Å²) in [6.45, 7) is 0. The zero-order valence-electron chi connectivity index (χ0n) is 17.2. The van der Waals surface area contributed by atoms with Crippen molar-refractivity contribution in [1.29, 1.82) is 0 Å². The van der Waals surface area contributed by atoms with Gasteiger partial charge < -0.3 is 10.2 Å². The van der Waals surface area contributed by atoms with Gasteiger partial charge in [0.2, 0.25) is 10.0 Å². The predicted octanol–water partition coefficient (Wildman–Crippen LogP) is 4.73. The molecule has 0 fully saturated rings. The fourth-order valence-corrected chi connectivity index (χ4v) is 4.69. The second-order valence-corrected chi connectivity index (χ2v) is 9.77. The number of anilines is 1. The van der Waals surface area contributed by atoms with Crippen molar-refractivity contribution in [3.05, 3.63) is 64.4 Å². The van der Waals surface area contributed by atoms with E-state index in [4.69, 9.17) is 16.7 Å². The van der Waals surface area contributed by atoms with Gasteiger partial charge in [0.05, 0.1) is 16.3 Å². The summed E-state index contributed by atoms with van der Waals surface area (Å²) >= 11 is 6.18. The summed E-state index contributed by atoms with van der Waals surface area (Å²) < 4.78 is 76.7. The number of benzene rings is 2. The molecule has 2 aromatic carbocycles. The van der Waals surface area contributed by atoms with E-state index in [9.17, 15) is 26.0 Å². The standard InChI is InChI=1S/C21H22ClF4N3O2S/c1-29(2)19-7-6-13(12-4-3-5-14(8-12)21(24,25)26)9-18(19)28-17-11-16(23)20(10-15(17)22)32(27,30)31/h3-6,8,10-11,18-19,28H,7,9H2,1-2H3,(H2,27,30,31)/t18-,19-/m0/s1. The first-order chi connectivity index (χ1) is 14.8. The number of hydrogen-bond donors (Lipinski definition) is 2. The number of alkyl halides is 3. The normalized spacial score (nSPS) is 19.7. The quantitative estimate of drug-likeness (QED) is 0.593. The van der Waals surface area contributed by atoms with Crippen molar-refractivity contribution in [2.24, 2.45) is 5.14 Å². The van der Waals surface area contributed by atoms with Crippen molar-refractivity contribution in [3.63, 3.8) is 0 Å². The molecule has 0 heterocycles. The summed E-state index contributed by atoms with van der Waals surface area (Å²) in [5.41, 5.74) is 0.590. The van der Waals surface area contributed by atoms with E-state index in [1.807, 2.05) is 25.1 Å². The average molecular weight is 492 g/mol. The van der Waals surface area contributed by atoms with E-state index in [1.54, 1.807) is 6.07 Å². The molecule has 0 bridgehead atoms. The Morgan fingerprint density at radius 3 is 2.47 bits per heavy atom. The summed E-state index contributed by atoms with van der Waals surface area (Å²) in [6, 6.07) is 6.58. The molecule has 0 amide bonds. The van der Waals surface area contributed by atoms with E-state index in [-0.39, 0.29) is 22.8 Å². The summed E-state index contributed by atoms with van der Waals surface area (Å²) in [4.78, 5) is 1.23. The fourth-order valence-electron chi connectivity index (χ4n) is 3.79. The average Bonchev–Trinajstić information content (AvgIpc) is 2.69. The minimum absolute atomic E-state index is 0.0388. The number of primary sulfonamides is 1. The minimum Gasteiger partial charge on any atom is -0.379 e. The van der Waals surface area contributed by atoms with E-state index < -0.39 is 32.5 Å². The smallest absolute Gasteiger partial charge is 0.379 e. The number of nitrogens with two attached hydrogens (primary N) is 1. The number of nitrogens with one attached hydrogen (secondary N) is 1. The Kier molecular flexibility index (Phi) is 6.90. The molecule has 1 aliphatic carbocycles. The summed E-state index contributed by atoms with van der Waals surface area (Å²) in [5, 5.41) is 8.10. The van der Waals surface area contributed by atoms with Crippen molar-refractivity contribution in [2.45, 2.75) is 36.0 Å². The highest BCUT2D eigenvalue weighted by Gasteiger charge is 2.32. The van der Waals surface area contributed by atoms with Gasteiger partial charge in [-0.15, -0.1) is 0 Å². The topological polar surface area (TPSA) is 75.4 Å². The first-order valence-corrected chi connectivity index (χ1v) is 11.5. The molecule has 3 N–H and O–H groups in total. The number of rotatable bonds is 5. The van der Waals surface area contributed by atoms with Crippen LogP contribution in [0.2, 0.25) is 5.02 Å². The molecular weight excluding hydrogens is 470 g/mol. The molecule has 0 radical (unpaired) electrons. The Bertz CT molecular complexity index is 1150. The van der Waals surface area contributed by atoms with E-state index in [2.05, 4.69) is 5.32 Å². The molecule has 0 aromatic heterocycles. The maximum atomic E-state index is 14.3. The number of likely N-dealkylation sites (N-methyl/N-ethyl adjacent to an activating group) is 1. The zero-order valence-corrected chi connectivity index (χ0v) is 18.8. The van der Waals surface area contributed by atoms with Crippen LogP contribution in [-0.2, 0) is 16.2 Å². The highest BCUT2D eigenvalue weighted by molar-refractivity contribution is 7.89. The summed E-state index contributed by atoms with van der Waals surface area (Å²) in [6.07, 6.45) is -1.68. The number of sulfonamides is 1. The third kappa shape index (κ3) is 5.43. The Balaban J connectivity index is 1.93. The van der Waals surface area contributed by atoms with Gasteiger partial charge in [-0.1, -0.05) is 29.8 Å². The SMILES string of the molecule is CN(C)[C@H]1CC=C(c2cccc(C(F)(F)F)c2)C[C@@H]1Nc1cc(F)c(S(N)(=O)=O)cc1Cl. The molecule has 0 unspecified atom stereocenters. The molecule has 3 rings (SSSR count). The highest BCUT2D eigenvalue weighted by atomic mass is 35.5. The van der Waals surface area contributed by atoms with Gasteiger partial charge in [-0.2, -0.15) is 13.2 Å². The van der Waals surface area contributed by atoms with Gasteiger partial charge >= 0.3 is 6.18 Å². The molecule has 2 atom stereocenters. The molecule has 0 aliphatic heterocycles. The van der Waals surface area contributed by atoms with Crippen molar-refractivity contribution < 1.29 is 26.0 Å². The lowest BCUT2D eigenvalue weighted by Gasteiger charge is -2.37. The minimum atomic E-state index is -4.45. The largest absolute Gasteiger partial charge is 0.416 e. The van der Waals surface area contributed by atoms with Crippen LogP contribution in [0.5, 0.6) is 0 Å². The van der Waals surface area contributed by atoms with Crippen LogP contribution in [0.1, 0.15) is 24.0 Å². The molecule has 11 heteroatoms. The zero-order chi connectivity index (χ0) is 23.8. The highest BCUT2D eigenvalue weighted by Crippen LogP contribution is 2.36. The van der Waals surface area contributed by atoms with Gasteiger partial charge in [-0.3, -0.25) is 0 Å². The third-order valence-corrected chi connectivity index (χ3v) is 6.64. The number of halogens is 5. The first kappa shape index (κ1) is 24.5. The third-order valence-electron chi connectivity index (χ3n) is 5.40. The molecule has 32 heavy (non-hydrogen) atoms. The molecule has 2 aromatic rings. The van der Waals surface area contributed by atoms with Crippen molar-refractivity contribution in [2.75, 3.05) is 19.4 Å². The molecule has 0 saturated heterocycles. The van der Waals surface area contributed by atoms with Crippen LogP contribution in [0.4, 0.5) is 23.2 Å². The van der Waals surface area contributed by atoms with Crippen LogP contribution in [0, 0.1) is 5.82 Å². The van der Waals surface area contributed by atoms with Gasteiger partial charge in [-0.05, 0) is 62.3 Å². The monoisotopic (exact) mass is 491 g/mol. The van der Waals surface area contributed by atoms with Gasteiger partial charge in [0.15, 0.2) is 0 Å². The lowest BCUT2D eigenvalue weighted by Crippen LogP contribution is -2.45. The van der Waals surface area contributed by atoms with Crippen LogP contribution >= 0.6 is 11.6 Å². The summed E-state index contributed by atoms with van der Waals surface area (Å²) in [7, 11) is -0.576. The van der Waals surface area contributed by atoms with Crippen molar-refractivity contribution in [1.82, 2.24) is 4.90 Å². The Morgan fingerprint density at radius 2 is 1.88 bits per heavy atom. The van der Waals surface area contributed by atoms with E-state index in [0.29, 0.717) is 24.0 Å². The molecular formula is C21H22ClF4N3O2S. The van der Waals surface area contributed by atoms with Gasteiger partial charge in [0.25, 0.3) is 0 Å². The lowest BCUT2D eigenvalue weighted by molar-refractivity contribution is -0.137. The van der Waals surface area contributed by atoms with Crippen LogP contribution in [0.25, 0.3) is 5.57 Å². The maximum Gasteiger partial charge on any atom is 0.416 e. The molecule has 5 nitrogen and oxygen atoms in total. The van der Waals surface area contributed by atoms with E-state index in [1.165, 1.54) is 6.07 Å². The van der Waals surface area contributed by atoms with Gasteiger partial charge in [0.1, 0.15) is 10.7 Å². The van der Waals surface area contributed by atoms with Gasteiger partial charge in [0, 0.05) is 12.1 Å². The van der Waals surface area contributed by atoms with E-state index >= 15 is 0 Å². The second-order valence-electron chi connectivity index (χ2n) is 7.84. The molecule has 174 valence electrons. The van der Waals surface area contributed by atoms with Gasteiger partial charge in [-0.25, -0.2) is 17.9 Å². The molecule has 1 aliphatic rings. The van der Waals surface area contributed by atoms with Crippen LogP contribution < -0.4 is 10.5 Å². The van der Waals surface area contributed by atoms with Crippen molar-refractivity contribution in [3.8, 4) is 0 Å². The summed E-state index contributed by atoms with van der Waals surface area (Å²) in [5.74, 6) is -1.05. The number of nitrogens with zero attached hydrogens (tertiary/aromatic N) is 1.